The fraction of sp³-hybridized carbons (Fsp3) is 0.375. The average Bonchev–Trinajstić information content (AvgIpc) is 2.80. The second-order valence-electron chi connectivity index (χ2n) is 7.66. The maximum atomic E-state index is 12.9. The number of carbonyl (C=O) groups is 1. The van der Waals surface area contributed by atoms with Crippen LogP contribution in [-0.4, -0.2) is 35.6 Å². The SMILES string of the molecule is CCCCOc1ccccc1NC(=O)C1CCN(c2ncnc3ccccc23)CC1. The van der Waals surface area contributed by atoms with Gasteiger partial charge < -0.3 is 15.0 Å². The summed E-state index contributed by atoms with van der Waals surface area (Å²) >= 11 is 0. The highest BCUT2D eigenvalue weighted by Gasteiger charge is 2.27. The second-order valence-corrected chi connectivity index (χ2v) is 7.66. The summed E-state index contributed by atoms with van der Waals surface area (Å²) in [5, 5.41) is 4.14. The largest absolute Gasteiger partial charge is 0.491 e. The van der Waals surface area contributed by atoms with E-state index in [1.54, 1.807) is 6.33 Å². The highest BCUT2D eigenvalue weighted by atomic mass is 16.5. The smallest absolute Gasteiger partial charge is 0.227 e. The van der Waals surface area contributed by atoms with Crippen molar-refractivity contribution in [2.24, 2.45) is 5.92 Å². The monoisotopic (exact) mass is 404 g/mol. The molecule has 3 aromatic rings. The number of anilines is 2. The highest BCUT2D eigenvalue weighted by Crippen LogP contribution is 2.29. The van der Waals surface area contributed by atoms with E-state index in [0.717, 1.165) is 66.9 Å². The Hall–Kier alpha value is -3.15. The van der Waals surface area contributed by atoms with Crippen molar-refractivity contribution in [1.29, 1.82) is 0 Å². The highest BCUT2D eigenvalue weighted by molar-refractivity contribution is 5.94. The number of carbonyl (C=O) groups excluding carboxylic acids is 1. The summed E-state index contributed by atoms with van der Waals surface area (Å²) in [5.41, 5.74) is 1.70. The van der Waals surface area contributed by atoms with E-state index in [4.69, 9.17) is 4.74 Å². The van der Waals surface area contributed by atoms with E-state index in [0.29, 0.717) is 6.61 Å². The summed E-state index contributed by atoms with van der Waals surface area (Å²) in [7, 11) is 0. The summed E-state index contributed by atoms with van der Waals surface area (Å²) in [4.78, 5) is 24.0. The molecule has 4 rings (SSSR count). The Morgan fingerprint density at radius 2 is 1.87 bits per heavy atom. The molecule has 1 fully saturated rings. The number of unbranched alkanes of at least 4 members (excludes halogenated alkanes) is 1. The van der Waals surface area contributed by atoms with Crippen molar-refractivity contribution < 1.29 is 9.53 Å². The van der Waals surface area contributed by atoms with Crippen LogP contribution in [0.1, 0.15) is 32.6 Å². The molecule has 0 saturated carbocycles. The molecule has 1 amide bonds. The van der Waals surface area contributed by atoms with Crippen LogP contribution >= 0.6 is 0 Å². The van der Waals surface area contributed by atoms with E-state index in [1.165, 1.54) is 0 Å². The molecule has 0 atom stereocenters. The van der Waals surface area contributed by atoms with Gasteiger partial charge in [0.05, 0.1) is 17.8 Å². The van der Waals surface area contributed by atoms with Crippen molar-refractivity contribution in [2.75, 3.05) is 29.9 Å². The predicted octanol–water partition coefficient (Wildman–Crippen LogP) is 4.66. The number of hydrogen-bond donors (Lipinski definition) is 1. The Bertz CT molecular complexity index is 994. The van der Waals surface area contributed by atoms with Gasteiger partial charge in [-0.1, -0.05) is 37.6 Å². The molecule has 0 bridgehead atoms. The van der Waals surface area contributed by atoms with Crippen molar-refractivity contribution in [2.45, 2.75) is 32.6 Å². The normalized spacial score (nSPS) is 14.6. The maximum Gasteiger partial charge on any atom is 0.227 e. The van der Waals surface area contributed by atoms with Gasteiger partial charge in [-0.15, -0.1) is 0 Å². The van der Waals surface area contributed by atoms with Crippen LogP contribution in [0.2, 0.25) is 0 Å². The first-order valence-electron chi connectivity index (χ1n) is 10.7. The lowest BCUT2D eigenvalue weighted by atomic mass is 9.95. The van der Waals surface area contributed by atoms with E-state index in [9.17, 15) is 4.79 Å². The molecule has 1 N–H and O–H groups in total. The Kier molecular flexibility index (Phi) is 6.42. The molecule has 156 valence electrons. The zero-order chi connectivity index (χ0) is 20.8. The molecular weight excluding hydrogens is 376 g/mol. The lowest BCUT2D eigenvalue weighted by molar-refractivity contribution is -0.120. The van der Waals surface area contributed by atoms with Crippen LogP contribution in [0, 0.1) is 5.92 Å². The first-order valence-corrected chi connectivity index (χ1v) is 10.7. The first kappa shape index (κ1) is 20.1. The Morgan fingerprint density at radius 3 is 2.70 bits per heavy atom. The minimum absolute atomic E-state index is 0.0157. The number of piperidine rings is 1. The van der Waals surface area contributed by atoms with E-state index in [1.807, 2.05) is 42.5 Å². The summed E-state index contributed by atoms with van der Waals surface area (Å²) < 4.78 is 5.84. The Balaban J connectivity index is 1.38. The molecule has 0 aliphatic carbocycles. The second kappa shape index (κ2) is 9.57. The number of benzene rings is 2. The van der Waals surface area contributed by atoms with Gasteiger partial charge in [-0.2, -0.15) is 0 Å². The van der Waals surface area contributed by atoms with Crippen LogP contribution < -0.4 is 15.0 Å². The molecule has 0 radical (unpaired) electrons. The Morgan fingerprint density at radius 1 is 1.10 bits per heavy atom. The van der Waals surface area contributed by atoms with Gasteiger partial charge in [-0.3, -0.25) is 4.79 Å². The molecular formula is C24H28N4O2. The lowest BCUT2D eigenvalue weighted by Gasteiger charge is -2.32. The molecule has 6 heteroatoms. The van der Waals surface area contributed by atoms with Gasteiger partial charge in [-0.25, -0.2) is 9.97 Å². The molecule has 2 heterocycles. The van der Waals surface area contributed by atoms with Crippen molar-refractivity contribution in [3.05, 3.63) is 54.9 Å². The fourth-order valence-corrected chi connectivity index (χ4v) is 3.85. The number of para-hydroxylation sites is 3. The van der Waals surface area contributed by atoms with Gasteiger partial charge in [0, 0.05) is 24.4 Å². The van der Waals surface area contributed by atoms with Gasteiger partial charge in [0.15, 0.2) is 0 Å². The topological polar surface area (TPSA) is 67.3 Å². The van der Waals surface area contributed by atoms with Crippen molar-refractivity contribution in [3.8, 4) is 5.75 Å². The summed E-state index contributed by atoms with van der Waals surface area (Å²) in [5.74, 6) is 1.74. The number of aromatic nitrogens is 2. The number of nitrogens with zero attached hydrogens (tertiary/aromatic N) is 3. The molecule has 2 aromatic carbocycles. The van der Waals surface area contributed by atoms with Crippen LogP contribution in [0.25, 0.3) is 10.9 Å². The van der Waals surface area contributed by atoms with Crippen LogP contribution in [-0.2, 0) is 4.79 Å². The van der Waals surface area contributed by atoms with Crippen LogP contribution in [0.4, 0.5) is 11.5 Å². The Labute approximate surface area is 177 Å². The third-order valence-corrected chi connectivity index (χ3v) is 5.59. The first-order chi connectivity index (χ1) is 14.8. The third kappa shape index (κ3) is 4.53. The van der Waals surface area contributed by atoms with Crippen molar-refractivity contribution >= 4 is 28.3 Å². The third-order valence-electron chi connectivity index (χ3n) is 5.59. The number of amides is 1. The van der Waals surface area contributed by atoms with Crippen molar-refractivity contribution in [3.63, 3.8) is 0 Å². The molecule has 1 aliphatic heterocycles. The molecule has 6 nitrogen and oxygen atoms in total. The summed E-state index contributed by atoms with van der Waals surface area (Å²) in [6.07, 6.45) is 5.28. The van der Waals surface area contributed by atoms with Crippen LogP contribution in [0.15, 0.2) is 54.9 Å². The van der Waals surface area contributed by atoms with Gasteiger partial charge in [0.25, 0.3) is 0 Å². The van der Waals surface area contributed by atoms with Gasteiger partial charge in [-0.05, 0) is 43.5 Å². The van der Waals surface area contributed by atoms with Crippen molar-refractivity contribution in [1.82, 2.24) is 9.97 Å². The molecule has 1 aromatic heterocycles. The fourth-order valence-electron chi connectivity index (χ4n) is 3.85. The number of rotatable bonds is 7. The minimum Gasteiger partial charge on any atom is -0.491 e. The standard InChI is InChI=1S/C24H28N4O2/c1-2-3-16-30-22-11-7-6-10-21(22)27-24(29)18-12-14-28(15-13-18)23-19-8-4-5-9-20(19)25-17-26-23/h4-11,17-18H,2-3,12-16H2,1H3,(H,27,29). The summed E-state index contributed by atoms with van der Waals surface area (Å²) in [6, 6.07) is 15.7. The predicted molar refractivity (Wildman–Crippen MR) is 120 cm³/mol. The number of fused-ring (bicyclic) bond motifs is 1. The number of nitrogens with one attached hydrogen (secondary N) is 1. The number of hydrogen-bond acceptors (Lipinski definition) is 5. The average molecular weight is 405 g/mol. The van der Waals surface area contributed by atoms with E-state index < -0.39 is 0 Å². The molecule has 1 saturated heterocycles. The van der Waals surface area contributed by atoms with Gasteiger partial charge >= 0.3 is 0 Å². The zero-order valence-electron chi connectivity index (χ0n) is 17.4. The lowest BCUT2D eigenvalue weighted by Crippen LogP contribution is -2.38. The molecule has 0 unspecified atom stereocenters. The minimum atomic E-state index is -0.0157. The van der Waals surface area contributed by atoms with E-state index in [-0.39, 0.29) is 11.8 Å². The van der Waals surface area contributed by atoms with Gasteiger partial charge in [0.2, 0.25) is 5.91 Å². The van der Waals surface area contributed by atoms with E-state index >= 15 is 0 Å². The zero-order valence-corrected chi connectivity index (χ0v) is 17.4. The number of ether oxygens (including phenoxy) is 1. The van der Waals surface area contributed by atoms with Crippen LogP contribution in [0.3, 0.4) is 0 Å². The molecule has 30 heavy (non-hydrogen) atoms. The van der Waals surface area contributed by atoms with Crippen LogP contribution in [0.5, 0.6) is 5.75 Å². The molecule has 0 spiro atoms. The van der Waals surface area contributed by atoms with Gasteiger partial charge in [0.1, 0.15) is 17.9 Å². The maximum absolute atomic E-state index is 12.9. The quantitative estimate of drug-likeness (QED) is 0.580. The summed E-state index contributed by atoms with van der Waals surface area (Å²) in [6.45, 7) is 4.39. The molecule has 1 aliphatic rings. The van der Waals surface area contributed by atoms with E-state index in [2.05, 4.69) is 33.2 Å².